The Balaban J connectivity index is 1.06. The highest BCUT2D eigenvalue weighted by atomic mass is 16.4. The molecule has 2 amide bonds. The van der Waals surface area contributed by atoms with Gasteiger partial charge in [0, 0.05) is 67.4 Å². The molecule has 2 aromatic carbocycles. The van der Waals surface area contributed by atoms with Gasteiger partial charge in [0.2, 0.25) is 0 Å². The van der Waals surface area contributed by atoms with E-state index < -0.39 is 6.09 Å². The molecule has 5 rings (SSSR count). The Hall–Kier alpha value is -4.49. The van der Waals surface area contributed by atoms with Crippen LogP contribution < -0.4 is 15.5 Å². The number of aryl methyl sites for hydroxylation is 1. The van der Waals surface area contributed by atoms with Crippen molar-refractivity contribution in [3.8, 4) is 6.07 Å². The van der Waals surface area contributed by atoms with Gasteiger partial charge in [0.15, 0.2) is 5.76 Å². The third-order valence-corrected chi connectivity index (χ3v) is 7.44. The number of rotatable bonds is 11. The maximum atomic E-state index is 12.4. The minimum Gasteiger partial charge on any atom is -0.465 e. The first-order valence-electron chi connectivity index (χ1n) is 13.8. The number of amides is 2. The second-order valence-corrected chi connectivity index (χ2v) is 10.1. The van der Waals surface area contributed by atoms with E-state index in [1.54, 1.807) is 6.07 Å². The van der Waals surface area contributed by atoms with Crippen LogP contribution in [-0.2, 0) is 6.42 Å². The van der Waals surface area contributed by atoms with Gasteiger partial charge < -0.3 is 30.0 Å². The molecule has 0 spiro atoms. The number of nitriles is 1. The van der Waals surface area contributed by atoms with Crippen molar-refractivity contribution in [2.24, 2.45) is 0 Å². The van der Waals surface area contributed by atoms with E-state index in [-0.39, 0.29) is 18.2 Å². The fourth-order valence-corrected chi connectivity index (χ4v) is 5.25. The van der Waals surface area contributed by atoms with Crippen LogP contribution >= 0.6 is 0 Å². The molecule has 0 bridgehead atoms. The normalized spacial score (nSPS) is 13.9. The second-order valence-electron chi connectivity index (χ2n) is 10.1. The summed E-state index contributed by atoms with van der Waals surface area (Å²) in [6.45, 7) is 5.62. The van der Waals surface area contributed by atoms with Gasteiger partial charge in [-0.1, -0.05) is 0 Å². The molecule has 0 radical (unpaired) electrons. The predicted octanol–water partition coefficient (Wildman–Crippen LogP) is 4.32. The number of carbonyl (C=O) groups is 2. The molecule has 2 aromatic heterocycles. The number of carbonyl (C=O) groups excluding carboxylic acids is 1. The van der Waals surface area contributed by atoms with Crippen molar-refractivity contribution < 1.29 is 19.1 Å². The van der Waals surface area contributed by atoms with Crippen LogP contribution in [0.25, 0.3) is 21.9 Å². The van der Waals surface area contributed by atoms with Crippen molar-refractivity contribution in [2.45, 2.75) is 25.7 Å². The first-order chi connectivity index (χ1) is 19.5. The maximum Gasteiger partial charge on any atom is 0.404 e. The molecule has 0 aliphatic carbocycles. The standard InChI is InChI=1S/C30H34N6O4/c31-19-21-5-7-26-25(16-21)22(20-34-26)4-1-2-11-35-12-14-36(15-13-35)24-6-8-27-23(17-24)18-28(40-27)29(37)32-9-3-10-33-30(38)39/h5-8,16-18,20,33-34H,1-4,9-15H2,(H,32,37)(H,38,39). The topological polar surface area (TPSA) is 138 Å². The highest BCUT2D eigenvalue weighted by Crippen LogP contribution is 2.26. The van der Waals surface area contributed by atoms with Crippen LogP contribution in [0.1, 0.15) is 40.9 Å². The van der Waals surface area contributed by atoms with Gasteiger partial charge >= 0.3 is 6.09 Å². The summed E-state index contributed by atoms with van der Waals surface area (Å²) in [5, 5.41) is 24.9. The predicted molar refractivity (Wildman–Crippen MR) is 154 cm³/mol. The summed E-state index contributed by atoms with van der Waals surface area (Å²) in [6.07, 6.45) is 4.74. The summed E-state index contributed by atoms with van der Waals surface area (Å²) in [7, 11) is 0. The molecule has 10 nitrogen and oxygen atoms in total. The molecule has 1 aliphatic rings. The molecule has 0 saturated carbocycles. The summed E-state index contributed by atoms with van der Waals surface area (Å²) < 4.78 is 5.74. The van der Waals surface area contributed by atoms with Gasteiger partial charge in [-0.05, 0) is 80.3 Å². The van der Waals surface area contributed by atoms with Crippen LogP contribution in [0.5, 0.6) is 0 Å². The average Bonchev–Trinajstić information content (AvgIpc) is 3.58. The largest absolute Gasteiger partial charge is 0.465 e. The van der Waals surface area contributed by atoms with Crippen LogP contribution in [0.3, 0.4) is 0 Å². The lowest BCUT2D eigenvalue weighted by Crippen LogP contribution is -2.46. The summed E-state index contributed by atoms with van der Waals surface area (Å²) in [5.74, 6) is -0.0559. The van der Waals surface area contributed by atoms with E-state index in [1.807, 2.05) is 30.3 Å². The number of H-pyrrole nitrogens is 1. The molecule has 1 fully saturated rings. The first-order valence-corrected chi connectivity index (χ1v) is 13.8. The number of benzene rings is 2. The van der Waals surface area contributed by atoms with Crippen LogP contribution in [-0.4, -0.2) is 72.8 Å². The van der Waals surface area contributed by atoms with Gasteiger partial charge in [0.1, 0.15) is 5.58 Å². The molecule has 40 heavy (non-hydrogen) atoms. The van der Waals surface area contributed by atoms with Gasteiger partial charge in [0.05, 0.1) is 11.6 Å². The number of carboxylic acid groups (broad SMARTS) is 1. The van der Waals surface area contributed by atoms with Gasteiger partial charge in [-0.25, -0.2) is 4.79 Å². The Morgan fingerprint density at radius 3 is 2.62 bits per heavy atom. The van der Waals surface area contributed by atoms with Gasteiger partial charge in [-0.3, -0.25) is 9.69 Å². The zero-order valence-electron chi connectivity index (χ0n) is 22.4. The molecular weight excluding hydrogens is 508 g/mol. The molecule has 208 valence electrons. The molecule has 10 heteroatoms. The third kappa shape index (κ3) is 6.55. The van der Waals surface area contributed by atoms with Crippen LogP contribution in [0.15, 0.2) is 53.1 Å². The third-order valence-electron chi connectivity index (χ3n) is 7.44. The number of fused-ring (bicyclic) bond motifs is 2. The number of unbranched alkanes of at least 4 members (excludes halogenated alkanes) is 1. The molecule has 0 unspecified atom stereocenters. The fourth-order valence-electron chi connectivity index (χ4n) is 5.25. The van der Waals surface area contributed by atoms with Crippen molar-refractivity contribution in [3.63, 3.8) is 0 Å². The molecule has 0 atom stereocenters. The molecular formula is C30H34N6O4. The van der Waals surface area contributed by atoms with Crippen molar-refractivity contribution in [1.82, 2.24) is 20.5 Å². The molecule has 4 N–H and O–H groups in total. The maximum absolute atomic E-state index is 12.4. The number of nitrogens with one attached hydrogen (secondary N) is 3. The monoisotopic (exact) mass is 542 g/mol. The van der Waals surface area contributed by atoms with Crippen molar-refractivity contribution in [1.29, 1.82) is 5.26 Å². The minimum absolute atomic E-state index is 0.251. The highest BCUT2D eigenvalue weighted by molar-refractivity contribution is 5.96. The Morgan fingerprint density at radius 2 is 1.82 bits per heavy atom. The van der Waals surface area contributed by atoms with E-state index >= 15 is 0 Å². The minimum atomic E-state index is -1.07. The van der Waals surface area contributed by atoms with Crippen LogP contribution in [0, 0.1) is 11.3 Å². The Bertz CT molecular complexity index is 1530. The fraction of sp³-hybridized carbons (Fsp3) is 0.367. The van der Waals surface area contributed by atoms with E-state index in [1.165, 1.54) is 5.56 Å². The molecule has 1 aliphatic heterocycles. The van der Waals surface area contributed by atoms with E-state index in [4.69, 9.17) is 9.52 Å². The lowest BCUT2D eigenvalue weighted by molar-refractivity contribution is 0.0928. The van der Waals surface area contributed by atoms with E-state index in [0.717, 1.165) is 74.0 Å². The highest BCUT2D eigenvalue weighted by Gasteiger charge is 2.19. The molecule has 1 saturated heterocycles. The Labute approximate surface area is 232 Å². The van der Waals surface area contributed by atoms with E-state index in [2.05, 4.69) is 43.7 Å². The molecule has 3 heterocycles. The average molecular weight is 543 g/mol. The number of aromatic nitrogens is 1. The Kier molecular flexibility index (Phi) is 8.52. The number of nitrogens with zero attached hydrogens (tertiary/aromatic N) is 3. The SMILES string of the molecule is N#Cc1ccc2[nH]cc(CCCCN3CCN(c4ccc5oc(C(=O)NCCCNC(=O)O)cc5c4)CC3)c2c1. The first kappa shape index (κ1) is 27.1. The summed E-state index contributed by atoms with van der Waals surface area (Å²) in [5.41, 5.74) is 4.85. The summed E-state index contributed by atoms with van der Waals surface area (Å²) in [4.78, 5) is 31.1. The quantitative estimate of drug-likeness (QED) is 0.207. The zero-order chi connectivity index (χ0) is 27.9. The summed E-state index contributed by atoms with van der Waals surface area (Å²) >= 11 is 0. The number of piperazine rings is 1. The Morgan fingerprint density at radius 1 is 1.00 bits per heavy atom. The van der Waals surface area contributed by atoms with Crippen LogP contribution in [0.4, 0.5) is 10.5 Å². The number of hydrogen-bond donors (Lipinski definition) is 4. The van der Waals surface area contributed by atoms with E-state index in [0.29, 0.717) is 24.1 Å². The summed E-state index contributed by atoms with van der Waals surface area (Å²) in [6, 6.07) is 15.8. The van der Waals surface area contributed by atoms with Crippen molar-refractivity contribution in [2.75, 3.05) is 50.7 Å². The van der Waals surface area contributed by atoms with Gasteiger partial charge in [-0.2, -0.15) is 5.26 Å². The second kappa shape index (κ2) is 12.6. The zero-order valence-corrected chi connectivity index (χ0v) is 22.4. The number of aromatic amines is 1. The molecule has 4 aromatic rings. The van der Waals surface area contributed by atoms with Gasteiger partial charge in [0.25, 0.3) is 5.91 Å². The van der Waals surface area contributed by atoms with E-state index in [9.17, 15) is 14.9 Å². The number of furan rings is 1. The lowest BCUT2D eigenvalue weighted by Gasteiger charge is -2.36. The van der Waals surface area contributed by atoms with Crippen molar-refractivity contribution in [3.05, 3.63) is 65.5 Å². The number of hydrogen-bond acceptors (Lipinski definition) is 6. The van der Waals surface area contributed by atoms with Crippen molar-refractivity contribution >= 4 is 39.6 Å². The lowest BCUT2D eigenvalue weighted by atomic mass is 10.1. The van der Waals surface area contributed by atoms with Crippen LogP contribution in [0.2, 0.25) is 0 Å². The van der Waals surface area contributed by atoms with Gasteiger partial charge in [-0.15, -0.1) is 0 Å². The smallest absolute Gasteiger partial charge is 0.404 e. The number of anilines is 1.